The summed E-state index contributed by atoms with van der Waals surface area (Å²) < 4.78 is 10.4. The lowest BCUT2D eigenvalue weighted by atomic mass is 10.2. The van der Waals surface area contributed by atoms with Gasteiger partial charge in [-0.2, -0.15) is 5.10 Å². The molecule has 0 aliphatic heterocycles. The van der Waals surface area contributed by atoms with Crippen LogP contribution in [0.4, 0.5) is 5.69 Å². The van der Waals surface area contributed by atoms with Crippen LogP contribution in [0.25, 0.3) is 0 Å². The van der Waals surface area contributed by atoms with E-state index in [-0.39, 0.29) is 10.7 Å². The number of hydrazone groups is 1. The zero-order valence-electron chi connectivity index (χ0n) is 13.2. The highest BCUT2D eigenvalue weighted by atomic mass is 35.5. The van der Waals surface area contributed by atoms with E-state index < -0.39 is 4.92 Å². The Labute approximate surface area is 144 Å². The summed E-state index contributed by atoms with van der Waals surface area (Å²) in [4.78, 5) is 10.3. The first-order valence-electron chi connectivity index (χ1n) is 6.96. The van der Waals surface area contributed by atoms with Gasteiger partial charge in [0.1, 0.15) is 5.02 Å². The maximum atomic E-state index is 10.8. The number of halogens is 1. The van der Waals surface area contributed by atoms with Crippen molar-refractivity contribution in [2.24, 2.45) is 5.10 Å². The third-order valence-electron chi connectivity index (χ3n) is 3.20. The summed E-state index contributed by atoms with van der Waals surface area (Å²) >= 11 is 5.76. The lowest BCUT2D eigenvalue weighted by Gasteiger charge is -2.09. The summed E-state index contributed by atoms with van der Waals surface area (Å²) in [6.45, 7) is 0.465. The van der Waals surface area contributed by atoms with Crippen molar-refractivity contribution in [2.75, 3.05) is 14.2 Å². The molecule has 0 saturated heterocycles. The van der Waals surface area contributed by atoms with E-state index in [0.717, 1.165) is 5.56 Å². The summed E-state index contributed by atoms with van der Waals surface area (Å²) in [6.07, 6.45) is 1.49. The zero-order chi connectivity index (χ0) is 17.5. The van der Waals surface area contributed by atoms with Crippen LogP contribution in [-0.4, -0.2) is 25.4 Å². The SMILES string of the molecule is COc1ccc(CN/N=C/c2ccc(Cl)c([N+](=O)[O-])c2)cc1OC. The van der Waals surface area contributed by atoms with Crippen molar-refractivity contribution in [1.82, 2.24) is 5.43 Å². The van der Waals surface area contributed by atoms with Gasteiger partial charge in [0.2, 0.25) is 0 Å². The number of methoxy groups -OCH3 is 2. The molecule has 0 saturated carbocycles. The molecule has 0 aromatic heterocycles. The fraction of sp³-hybridized carbons (Fsp3) is 0.188. The van der Waals surface area contributed by atoms with E-state index in [1.165, 1.54) is 18.3 Å². The summed E-state index contributed by atoms with van der Waals surface area (Å²) in [5.41, 5.74) is 4.25. The average Bonchev–Trinajstić information content (AvgIpc) is 2.59. The van der Waals surface area contributed by atoms with Gasteiger partial charge in [-0.25, -0.2) is 0 Å². The standard InChI is InChI=1S/C16H16ClN3O4/c1-23-15-6-4-12(8-16(15)24-2)10-19-18-9-11-3-5-13(17)14(7-11)20(21)22/h3-9,19H,10H2,1-2H3/b18-9+. The van der Waals surface area contributed by atoms with E-state index in [2.05, 4.69) is 10.5 Å². The molecule has 2 aromatic rings. The Kier molecular flexibility index (Phi) is 5.97. The molecule has 8 heteroatoms. The lowest BCUT2D eigenvalue weighted by molar-refractivity contribution is -0.384. The highest BCUT2D eigenvalue weighted by Crippen LogP contribution is 2.27. The molecule has 0 aliphatic rings. The average molecular weight is 350 g/mol. The molecule has 2 rings (SSSR count). The Balaban J connectivity index is 2.00. The minimum atomic E-state index is -0.531. The van der Waals surface area contributed by atoms with Gasteiger partial charge >= 0.3 is 0 Å². The first-order valence-corrected chi connectivity index (χ1v) is 7.33. The number of ether oxygens (including phenoxy) is 2. The minimum Gasteiger partial charge on any atom is -0.493 e. The first-order chi connectivity index (χ1) is 11.5. The number of rotatable bonds is 7. The van der Waals surface area contributed by atoms with E-state index in [4.69, 9.17) is 21.1 Å². The predicted molar refractivity (Wildman–Crippen MR) is 92.1 cm³/mol. The minimum absolute atomic E-state index is 0.0930. The van der Waals surface area contributed by atoms with E-state index in [9.17, 15) is 10.1 Å². The third kappa shape index (κ3) is 4.36. The Morgan fingerprint density at radius 3 is 2.62 bits per heavy atom. The summed E-state index contributed by atoms with van der Waals surface area (Å²) in [5.74, 6) is 1.28. The molecule has 0 fully saturated rings. The molecular weight excluding hydrogens is 334 g/mol. The van der Waals surface area contributed by atoms with Crippen LogP contribution < -0.4 is 14.9 Å². The lowest BCUT2D eigenvalue weighted by Crippen LogP contribution is -2.06. The Morgan fingerprint density at radius 1 is 1.21 bits per heavy atom. The van der Waals surface area contributed by atoms with Crippen LogP contribution in [-0.2, 0) is 6.54 Å². The number of hydrogen-bond acceptors (Lipinski definition) is 6. The molecule has 2 aromatic carbocycles. The second-order valence-electron chi connectivity index (χ2n) is 4.75. The summed E-state index contributed by atoms with van der Waals surface area (Å²) in [6, 6.07) is 10.0. The van der Waals surface area contributed by atoms with E-state index in [0.29, 0.717) is 23.6 Å². The monoisotopic (exact) mass is 349 g/mol. The smallest absolute Gasteiger partial charge is 0.288 e. The van der Waals surface area contributed by atoms with Gasteiger partial charge < -0.3 is 14.9 Å². The van der Waals surface area contributed by atoms with Gasteiger partial charge in [-0.3, -0.25) is 10.1 Å². The molecule has 0 radical (unpaired) electrons. The molecule has 0 unspecified atom stereocenters. The summed E-state index contributed by atoms with van der Waals surface area (Å²) in [5, 5.41) is 15.0. The van der Waals surface area contributed by atoms with Gasteiger partial charge in [0.15, 0.2) is 11.5 Å². The maximum absolute atomic E-state index is 10.8. The maximum Gasteiger partial charge on any atom is 0.288 e. The molecule has 0 aliphatic carbocycles. The second kappa shape index (κ2) is 8.16. The Hall–Kier alpha value is -2.80. The molecule has 0 heterocycles. The molecular formula is C16H16ClN3O4. The van der Waals surface area contributed by atoms with Crippen LogP contribution in [0.1, 0.15) is 11.1 Å². The van der Waals surface area contributed by atoms with E-state index in [1.807, 2.05) is 18.2 Å². The summed E-state index contributed by atoms with van der Waals surface area (Å²) in [7, 11) is 3.14. The van der Waals surface area contributed by atoms with Crippen molar-refractivity contribution in [3.63, 3.8) is 0 Å². The van der Waals surface area contributed by atoms with Gasteiger partial charge in [0, 0.05) is 11.6 Å². The molecule has 0 atom stereocenters. The molecule has 0 bridgehead atoms. The van der Waals surface area contributed by atoms with Crippen molar-refractivity contribution in [3.8, 4) is 11.5 Å². The van der Waals surface area contributed by atoms with Crippen molar-refractivity contribution >= 4 is 23.5 Å². The quantitative estimate of drug-likeness (QED) is 0.470. The molecule has 0 amide bonds. The van der Waals surface area contributed by atoms with Gasteiger partial charge in [-0.05, 0) is 23.8 Å². The van der Waals surface area contributed by atoms with Gasteiger partial charge in [0.25, 0.3) is 5.69 Å². The highest BCUT2D eigenvalue weighted by Gasteiger charge is 2.11. The third-order valence-corrected chi connectivity index (χ3v) is 3.52. The number of nitro benzene ring substituents is 1. The number of nitro groups is 1. The fourth-order valence-electron chi connectivity index (χ4n) is 2.00. The van der Waals surface area contributed by atoms with Gasteiger partial charge in [-0.15, -0.1) is 0 Å². The van der Waals surface area contributed by atoms with Crippen LogP contribution in [0.15, 0.2) is 41.5 Å². The number of nitrogens with one attached hydrogen (secondary N) is 1. The van der Waals surface area contributed by atoms with Crippen LogP contribution in [0, 0.1) is 10.1 Å². The van der Waals surface area contributed by atoms with Crippen LogP contribution >= 0.6 is 11.6 Å². The van der Waals surface area contributed by atoms with E-state index in [1.54, 1.807) is 20.3 Å². The topological polar surface area (TPSA) is 86.0 Å². The number of hydrogen-bond donors (Lipinski definition) is 1. The first kappa shape index (κ1) is 17.6. The number of nitrogens with zero attached hydrogens (tertiary/aromatic N) is 2. The molecule has 0 spiro atoms. The number of benzene rings is 2. The second-order valence-corrected chi connectivity index (χ2v) is 5.16. The van der Waals surface area contributed by atoms with Crippen molar-refractivity contribution in [2.45, 2.75) is 6.54 Å². The molecule has 126 valence electrons. The molecule has 1 N–H and O–H groups in total. The Bertz CT molecular complexity index is 765. The fourth-order valence-corrected chi connectivity index (χ4v) is 2.18. The molecule has 7 nitrogen and oxygen atoms in total. The van der Waals surface area contributed by atoms with Gasteiger partial charge in [-0.1, -0.05) is 23.7 Å². The van der Waals surface area contributed by atoms with Gasteiger partial charge in [0.05, 0.1) is 31.9 Å². The van der Waals surface area contributed by atoms with Crippen LogP contribution in [0.2, 0.25) is 5.02 Å². The largest absolute Gasteiger partial charge is 0.493 e. The normalized spacial score (nSPS) is 10.6. The Morgan fingerprint density at radius 2 is 1.96 bits per heavy atom. The molecule has 24 heavy (non-hydrogen) atoms. The van der Waals surface area contributed by atoms with Crippen LogP contribution in [0.5, 0.6) is 11.5 Å². The van der Waals surface area contributed by atoms with E-state index >= 15 is 0 Å². The van der Waals surface area contributed by atoms with Crippen molar-refractivity contribution in [1.29, 1.82) is 0 Å². The highest BCUT2D eigenvalue weighted by molar-refractivity contribution is 6.32. The predicted octanol–water partition coefficient (Wildman–Crippen LogP) is 3.39. The van der Waals surface area contributed by atoms with Crippen molar-refractivity contribution in [3.05, 3.63) is 62.7 Å². The zero-order valence-corrected chi connectivity index (χ0v) is 13.9. The van der Waals surface area contributed by atoms with Crippen molar-refractivity contribution < 1.29 is 14.4 Å². The van der Waals surface area contributed by atoms with Crippen LogP contribution in [0.3, 0.4) is 0 Å².